The highest BCUT2D eigenvalue weighted by atomic mass is 79.9. The molecule has 2 aromatic rings. The molecule has 17 heavy (non-hydrogen) atoms. The number of halogens is 2. The van der Waals surface area contributed by atoms with Gasteiger partial charge in [-0.2, -0.15) is 5.26 Å². The minimum atomic E-state index is -0.157. The molecule has 1 aliphatic carbocycles. The molecule has 0 amide bonds. The summed E-state index contributed by atoms with van der Waals surface area (Å²) in [4.78, 5) is 0. The third-order valence-corrected chi connectivity index (χ3v) is 4.06. The Balaban J connectivity index is 2.33. The molecule has 0 atom stereocenters. The fourth-order valence-corrected chi connectivity index (χ4v) is 3.10. The van der Waals surface area contributed by atoms with Crippen molar-refractivity contribution >= 4 is 31.9 Å². The maximum atomic E-state index is 9.36. The Bertz CT molecular complexity index is 604. The van der Waals surface area contributed by atoms with Gasteiger partial charge in [0, 0.05) is 8.95 Å². The van der Waals surface area contributed by atoms with E-state index in [0.29, 0.717) is 0 Å². The normalized spacial score (nSPS) is 13.0. The highest BCUT2D eigenvalue weighted by Crippen LogP contribution is 2.46. The first kappa shape index (κ1) is 11.0. The monoisotopic (exact) mass is 347 g/mol. The van der Waals surface area contributed by atoms with E-state index in [1.165, 1.54) is 11.1 Å². The Morgan fingerprint density at radius 2 is 1.35 bits per heavy atom. The summed E-state index contributed by atoms with van der Waals surface area (Å²) >= 11 is 6.92. The molecule has 0 saturated heterocycles. The second kappa shape index (κ2) is 3.97. The van der Waals surface area contributed by atoms with Crippen molar-refractivity contribution < 1.29 is 0 Å². The number of fused-ring (bicyclic) bond motifs is 3. The van der Waals surface area contributed by atoms with Crippen LogP contribution < -0.4 is 0 Å². The lowest BCUT2D eigenvalue weighted by atomic mass is 9.99. The van der Waals surface area contributed by atoms with E-state index in [1.807, 2.05) is 24.3 Å². The number of nitriles is 1. The average Bonchev–Trinajstić information content (AvgIpc) is 2.60. The first-order valence-corrected chi connectivity index (χ1v) is 6.78. The summed E-state index contributed by atoms with van der Waals surface area (Å²) in [5, 5.41) is 9.36. The molecule has 0 saturated carbocycles. The van der Waals surface area contributed by atoms with Crippen molar-refractivity contribution in [2.75, 3.05) is 0 Å². The van der Waals surface area contributed by atoms with Gasteiger partial charge in [-0.3, -0.25) is 0 Å². The number of benzene rings is 2. The molecule has 2 aromatic carbocycles. The lowest BCUT2D eigenvalue weighted by Crippen LogP contribution is -1.92. The van der Waals surface area contributed by atoms with E-state index in [0.717, 1.165) is 20.1 Å². The molecule has 0 aromatic heterocycles. The van der Waals surface area contributed by atoms with Crippen LogP contribution in [-0.2, 0) is 0 Å². The SMILES string of the molecule is N#CC1c2cc(Br)ccc2-c2ccc(Br)cc21. The molecule has 0 fully saturated rings. The van der Waals surface area contributed by atoms with Gasteiger partial charge in [0.2, 0.25) is 0 Å². The standard InChI is InChI=1S/C14H7Br2N/c15-8-1-3-10-11-4-2-9(16)6-13(11)14(7-17)12(10)5-8/h1-6,14H. The Kier molecular flexibility index (Phi) is 2.57. The van der Waals surface area contributed by atoms with E-state index >= 15 is 0 Å². The number of nitrogens with zero attached hydrogens (tertiary/aromatic N) is 1. The fourth-order valence-electron chi connectivity index (χ4n) is 2.34. The van der Waals surface area contributed by atoms with E-state index in [2.05, 4.69) is 50.1 Å². The zero-order valence-electron chi connectivity index (χ0n) is 8.74. The molecule has 82 valence electrons. The zero-order valence-corrected chi connectivity index (χ0v) is 11.9. The van der Waals surface area contributed by atoms with Gasteiger partial charge in [-0.05, 0) is 46.5 Å². The molecule has 0 heterocycles. The van der Waals surface area contributed by atoms with Crippen molar-refractivity contribution in [2.45, 2.75) is 5.92 Å². The maximum absolute atomic E-state index is 9.36. The smallest absolute Gasteiger partial charge is 0.0975 e. The molecule has 0 spiro atoms. The van der Waals surface area contributed by atoms with Crippen LogP contribution in [0.4, 0.5) is 0 Å². The van der Waals surface area contributed by atoms with Crippen LogP contribution >= 0.6 is 31.9 Å². The van der Waals surface area contributed by atoms with E-state index in [4.69, 9.17) is 0 Å². The number of rotatable bonds is 0. The summed E-state index contributed by atoms with van der Waals surface area (Å²) < 4.78 is 2.03. The van der Waals surface area contributed by atoms with Crippen LogP contribution in [0.25, 0.3) is 11.1 Å². The predicted octanol–water partition coefficient (Wildman–Crippen LogP) is 4.85. The Labute approximate surface area is 116 Å². The predicted molar refractivity (Wildman–Crippen MR) is 74.7 cm³/mol. The first-order chi connectivity index (χ1) is 8.20. The summed E-state index contributed by atoms with van der Waals surface area (Å²) in [5.74, 6) is -0.157. The molecular weight excluding hydrogens is 342 g/mol. The van der Waals surface area contributed by atoms with Crippen molar-refractivity contribution in [2.24, 2.45) is 0 Å². The Morgan fingerprint density at radius 3 is 1.76 bits per heavy atom. The second-order valence-corrected chi connectivity index (χ2v) is 5.86. The van der Waals surface area contributed by atoms with Crippen molar-refractivity contribution in [3.8, 4) is 17.2 Å². The fraction of sp³-hybridized carbons (Fsp3) is 0.0714. The van der Waals surface area contributed by atoms with Gasteiger partial charge in [-0.1, -0.05) is 44.0 Å². The van der Waals surface area contributed by atoms with Crippen molar-refractivity contribution in [1.29, 1.82) is 5.26 Å². The topological polar surface area (TPSA) is 23.8 Å². The summed E-state index contributed by atoms with van der Waals surface area (Å²) in [5.41, 5.74) is 4.52. The van der Waals surface area contributed by atoms with E-state index in [-0.39, 0.29) is 5.92 Å². The van der Waals surface area contributed by atoms with Crippen molar-refractivity contribution in [1.82, 2.24) is 0 Å². The minimum absolute atomic E-state index is 0.157. The van der Waals surface area contributed by atoms with Crippen LogP contribution in [0.3, 0.4) is 0 Å². The van der Waals surface area contributed by atoms with Crippen LogP contribution in [0.5, 0.6) is 0 Å². The Morgan fingerprint density at radius 1 is 0.882 bits per heavy atom. The lowest BCUT2D eigenvalue weighted by Gasteiger charge is -2.03. The largest absolute Gasteiger partial charge is 0.197 e. The number of hydrogen-bond acceptors (Lipinski definition) is 1. The molecule has 1 aliphatic rings. The van der Waals surface area contributed by atoms with E-state index in [9.17, 15) is 5.26 Å². The van der Waals surface area contributed by atoms with Crippen LogP contribution in [0.1, 0.15) is 17.0 Å². The zero-order chi connectivity index (χ0) is 12.0. The highest BCUT2D eigenvalue weighted by Gasteiger charge is 2.28. The van der Waals surface area contributed by atoms with E-state index < -0.39 is 0 Å². The van der Waals surface area contributed by atoms with Gasteiger partial charge < -0.3 is 0 Å². The third-order valence-electron chi connectivity index (χ3n) is 3.07. The van der Waals surface area contributed by atoms with Gasteiger partial charge in [0.1, 0.15) is 0 Å². The molecule has 3 rings (SSSR count). The molecule has 1 nitrogen and oxygen atoms in total. The quantitative estimate of drug-likeness (QED) is 0.667. The summed E-state index contributed by atoms with van der Waals surface area (Å²) in [6, 6.07) is 14.6. The van der Waals surface area contributed by atoms with Crippen LogP contribution in [0, 0.1) is 11.3 Å². The van der Waals surface area contributed by atoms with Gasteiger partial charge in [0.25, 0.3) is 0 Å². The van der Waals surface area contributed by atoms with E-state index in [1.54, 1.807) is 0 Å². The van der Waals surface area contributed by atoms with Gasteiger partial charge in [-0.25, -0.2) is 0 Å². The lowest BCUT2D eigenvalue weighted by molar-refractivity contribution is 1.08. The molecular formula is C14H7Br2N. The summed E-state index contributed by atoms with van der Waals surface area (Å²) in [6.07, 6.45) is 0. The summed E-state index contributed by atoms with van der Waals surface area (Å²) in [7, 11) is 0. The molecule has 0 radical (unpaired) electrons. The average molecular weight is 349 g/mol. The Hall–Kier alpha value is -1.11. The molecule has 0 unspecified atom stereocenters. The molecule has 3 heteroatoms. The maximum Gasteiger partial charge on any atom is 0.0975 e. The van der Waals surface area contributed by atoms with Gasteiger partial charge in [-0.15, -0.1) is 0 Å². The van der Waals surface area contributed by atoms with Crippen molar-refractivity contribution in [3.63, 3.8) is 0 Å². The summed E-state index contributed by atoms with van der Waals surface area (Å²) in [6.45, 7) is 0. The van der Waals surface area contributed by atoms with Crippen LogP contribution in [-0.4, -0.2) is 0 Å². The second-order valence-electron chi connectivity index (χ2n) is 4.03. The van der Waals surface area contributed by atoms with Gasteiger partial charge in [0.05, 0.1) is 12.0 Å². The van der Waals surface area contributed by atoms with Crippen LogP contribution in [0.15, 0.2) is 45.3 Å². The number of hydrogen-bond donors (Lipinski definition) is 0. The first-order valence-electron chi connectivity index (χ1n) is 5.19. The highest BCUT2D eigenvalue weighted by molar-refractivity contribution is 9.10. The third kappa shape index (κ3) is 1.64. The molecule has 0 aliphatic heterocycles. The molecule has 0 N–H and O–H groups in total. The van der Waals surface area contributed by atoms with Crippen molar-refractivity contribution in [3.05, 3.63) is 56.5 Å². The minimum Gasteiger partial charge on any atom is -0.197 e. The van der Waals surface area contributed by atoms with Crippen LogP contribution in [0.2, 0.25) is 0 Å². The van der Waals surface area contributed by atoms with Gasteiger partial charge in [0.15, 0.2) is 0 Å². The molecule has 0 bridgehead atoms. The van der Waals surface area contributed by atoms with Gasteiger partial charge >= 0.3 is 0 Å².